The van der Waals surface area contributed by atoms with Crippen LogP contribution in [0.25, 0.3) is 6.08 Å². The van der Waals surface area contributed by atoms with E-state index >= 15 is 0 Å². The number of hydrogen-bond donors (Lipinski definition) is 0. The van der Waals surface area contributed by atoms with E-state index in [-0.39, 0.29) is 24.3 Å². The molecule has 0 saturated carbocycles. The SMILES string of the molecule is CCOc1c(/C=C2\SC(=O)N(CCOc3ccccc3)C2=O)cccc1OC. The molecule has 28 heavy (non-hydrogen) atoms. The Hall–Kier alpha value is -2.93. The molecule has 1 saturated heterocycles. The van der Waals surface area contributed by atoms with Crippen molar-refractivity contribution in [3.05, 3.63) is 59.0 Å². The van der Waals surface area contributed by atoms with E-state index < -0.39 is 0 Å². The fraction of sp³-hybridized carbons (Fsp3) is 0.238. The van der Waals surface area contributed by atoms with Crippen LogP contribution >= 0.6 is 11.8 Å². The molecule has 0 aromatic heterocycles. The number of hydrogen-bond acceptors (Lipinski definition) is 6. The van der Waals surface area contributed by atoms with E-state index in [1.807, 2.05) is 49.4 Å². The zero-order valence-electron chi connectivity index (χ0n) is 15.7. The molecule has 2 aromatic carbocycles. The van der Waals surface area contributed by atoms with Crippen molar-refractivity contribution in [2.75, 3.05) is 26.9 Å². The van der Waals surface area contributed by atoms with Crippen molar-refractivity contribution in [1.82, 2.24) is 4.90 Å². The first kappa shape index (κ1) is 19.8. The number of ether oxygens (including phenoxy) is 3. The molecule has 2 aromatic rings. The van der Waals surface area contributed by atoms with E-state index in [9.17, 15) is 9.59 Å². The normalized spacial score (nSPS) is 15.2. The molecule has 146 valence electrons. The van der Waals surface area contributed by atoms with Gasteiger partial charge in [0.1, 0.15) is 12.4 Å². The summed E-state index contributed by atoms with van der Waals surface area (Å²) in [5.41, 5.74) is 0.687. The molecule has 2 amide bonds. The van der Waals surface area contributed by atoms with Gasteiger partial charge in [-0.25, -0.2) is 0 Å². The number of thioether (sulfide) groups is 1. The molecule has 0 N–H and O–H groups in total. The van der Waals surface area contributed by atoms with Gasteiger partial charge in [-0.3, -0.25) is 14.5 Å². The van der Waals surface area contributed by atoms with Gasteiger partial charge in [-0.15, -0.1) is 0 Å². The highest BCUT2D eigenvalue weighted by molar-refractivity contribution is 8.18. The fourth-order valence-electron chi connectivity index (χ4n) is 2.71. The van der Waals surface area contributed by atoms with Crippen LogP contribution < -0.4 is 14.2 Å². The third-order valence-electron chi connectivity index (χ3n) is 4.00. The quantitative estimate of drug-likeness (QED) is 0.620. The summed E-state index contributed by atoms with van der Waals surface area (Å²) in [4.78, 5) is 26.5. The van der Waals surface area contributed by atoms with Gasteiger partial charge in [0, 0.05) is 5.56 Å². The van der Waals surface area contributed by atoms with E-state index in [0.29, 0.717) is 34.3 Å². The Morgan fingerprint density at radius 2 is 1.82 bits per heavy atom. The molecule has 1 aliphatic heterocycles. The van der Waals surface area contributed by atoms with Crippen LogP contribution in [0.1, 0.15) is 12.5 Å². The van der Waals surface area contributed by atoms with Gasteiger partial charge in [0.25, 0.3) is 11.1 Å². The third kappa shape index (κ3) is 4.48. The second-order valence-electron chi connectivity index (χ2n) is 5.81. The first-order valence-corrected chi connectivity index (χ1v) is 9.68. The Kier molecular flexibility index (Phi) is 6.60. The van der Waals surface area contributed by atoms with Crippen molar-refractivity contribution in [2.24, 2.45) is 0 Å². The Bertz CT molecular complexity index is 882. The first-order valence-electron chi connectivity index (χ1n) is 8.87. The van der Waals surface area contributed by atoms with Crippen LogP contribution in [0.3, 0.4) is 0 Å². The molecule has 0 bridgehead atoms. The molecule has 6 nitrogen and oxygen atoms in total. The minimum Gasteiger partial charge on any atom is -0.493 e. The zero-order chi connectivity index (χ0) is 19.9. The Morgan fingerprint density at radius 1 is 1.04 bits per heavy atom. The predicted octanol–water partition coefficient (Wildman–Crippen LogP) is 4.21. The smallest absolute Gasteiger partial charge is 0.293 e. The number of carbonyl (C=O) groups excluding carboxylic acids is 2. The zero-order valence-corrected chi connectivity index (χ0v) is 16.5. The Morgan fingerprint density at radius 3 is 2.54 bits per heavy atom. The van der Waals surface area contributed by atoms with Gasteiger partial charge < -0.3 is 14.2 Å². The molecule has 3 rings (SSSR count). The summed E-state index contributed by atoms with van der Waals surface area (Å²) in [7, 11) is 1.56. The lowest BCUT2D eigenvalue weighted by atomic mass is 10.1. The van der Waals surface area contributed by atoms with Crippen LogP contribution in [0.5, 0.6) is 17.2 Å². The molecule has 0 radical (unpaired) electrons. The molecule has 0 atom stereocenters. The molecule has 0 aliphatic carbocycles. The Balaban J connectivity index is 1.72. The molecule has 0 spiro atoms. The number of imide groups is 1. The summed E-state index contributed by atoms with van der Waals surface area (Å²) in [5.74, 6) is 1.48. The van der Waals surface area contributed by atoms with Crippen molar-refractivity contribution < 1.29 is 23.8 Å². The van der Waals surface area contributed by atoms with Crippen molar-refractivity contribution in [1.29, 1.82) is 0 Å². The number of amides is 2. The average Bonchev–Trinajstić information content (AvgIpc) is 2.97. The van der Waals surface area contributed by atoms with Crippen molar-refractivity contribution >= 4 is 29.0 Å². The molecule has 1 fully saturated rings. The monoisotopic (exact) mass is 399 g/mol. The van der Waals surface area contributed by atoms with E-state index in [1.54, 1.807) is 19.3 Å². The van der Waals surface area contributed by atoms with Gasteiger partial charge in [0.05, 0.1) is 25.2 Å². The summed E-state index contributed by atoms with van der Waals surface area (Å²) < 4.78 is 16.6. The van der Waals surface area contributed by atoms with E-state index in [0.717, 1.165) is 11.8 Å². The predicted molar refractivity (Wildman–Crippen MR) is 109 cm³/mol. The summed E-state index contributed by atoms with van der Waals surface area (Å²) in [5, 5.41) is -0.311. The number of para-hydroxylation sites is 2. The molecular formula is C21H21NO5S. The lowest BCUT2D eigenvalue weighted by Gasteiger charge is -2.13. The van der Waals surface area contributed by atoms with Gasteiger partial charge in [0.15, 0.2) is 11.5 Å². The van der Waals surface area contributed by atoms with Crippen molar-refractivity contribution in [3.8, 4) is 17.2 Å². The molecule has 1 aliphatic rings. The maximum atomic E-state index is 12.7. The van der Waals surface area contributed by atoms with Crippen LogP contribution in [0.4, 0.5) is 4.79 Å². The molecular weight excluding hydrogens is 378 g/mol. The number of methoxy groups -OCH3 is 1. The van der Waals surface area contributed by atoms with Crippen LogP contribution in [0.2, 0.25) is 0 Å². The van der Waals surface area contributed by atoms with Crippen molar-refractivity contribution in [2.45, 2.75) is 6.92 Å². The third-order valence-corrected chi connectivity index (χ3v) is 4.91. The molecule has 7 heteroatoms. The van der Waals surface area contributed by atoms with Gasteiger partial charge in [-0.05, 0) is 43.0 Å². The van der Waals surface area contributed by atoms with Crippen LogP contribution in [-0.2, 0) is 4.79 Å². The lowest BCUT2D eigenvalue weighted by molar-refractivity contribution is -0.123. The second-order valence-corrected chi connectivity index (χ2v) is 6.80. The standard InChI is InChI=1S/C21H21NO5S/c1-3-26-19-15(8-7-11-17(19)25-2)14-18-20(23)22(21(24)28-18)12-13-27-16-9-5-4-6-10-16/h4-11,14H,3,12-13H2,1-2H3/b18-14-. The maximum absolute atomic E-state index is 12.7. The van der Waals surface area contributed by atoms with E-state index in [4.69, 9.17) is 14.2 Å². The van der Waals surface area contributed by atoms with Crippen LogP contribution in [-0.4, -0.2) is 42.9 Å². The topological polar surface area (TPSA) is 65.1 Å². The number of benzene rings is 2. The second kappa shape index (κ2) is 9.32. The highest BCUT2D eigenvalue weighted by Gasteiger charge is 2.35. The van der Waals surface area contributed by atoms with Gasteiger partial charge in [0.2, 0.25) is 0 Å². The minimum atomic E-state index is -0.336. The highest BCUT2D eigenvalue weighted by Crippen LogP contribution is 2.37. The van der Waals surface area contributed by atoms with Crippen LogP contribution in [0, 0.1) is 0 Å². The van der Waals surface area contributed by atoms with Crippen LogP contribution in [0.15, 0.2) is 53.4 Å². The minimum absolute atomic E-state index is 0.188. The largest absolute Gasteiger partial charge is 0.493 e. The average molecular weight is 399 g/mol. The number of nitrogens with zero attached hydrogens (tertiary/aromatic N) is 1. The number of carbonyl (C=O) groups is 2. The van der Waals surface area contributed by atoms with Gasteiger partial charge in [-0.1, -0.05) is 30.3 Å². The highest BCUT2D eigenvalue weighted by atomic mass is 32.2. The maximum Gasteiger partial charge on any atom is 0.293 e. The van der Waals surface area contributed by atoms with Gasteiger partial charge >= 0.3 is 0 Å². The Labute approximate surface area is 168 Å². The number of rotatable bonds is 8. The summed E-state index contributed by atoms with van der Waals surface area (Å²) in [6.07, 6.45) is 1.66. The van der Waals surface area contributed by atoms with E-state index in [2.05, 4.69) is 0 Å². The molecule has 0 unspecified atom stereocenters. The molecule has 1 heterocycles. The lowest BCUT2D eigenvalue weighted by Crippen LogP contribution is -2.32. The van der Waals surface area contributed by atoms with E-state index in [1.165, 1.54) is 4.90 Å². The van der Waals surface area contributed by atoms with Gasteiger partial charge in [-0.2, -0.15) is 0 Å². The fourth-order valence-corrected chi connectivity index (χ4v) is 3.57. The van der Waals surface area contributed by atoms with Crippen molar-refractivity contribution in [3.63, 3.8) is 0 Å². The first-order chi connectivity index (χ1) is 13.6. The summed E-state index contributed by atoms with van der Waals surface area (Å²) in [6.45, 7) is 2.75. The summed E-state index contributed by atoms with van der Waals surface area (Å²) in [6, 6.07) is 14.7. The summed E-state index contributed by atoms with van der Waals surface area (Å²) >= 11 is 0.910.